The molecule has 0 amide bonds. The Kier molecular flexibility index (Phi) is 11.8. The van der Waals surface area contributed by atoms with E-state index in [9.17, 15) is 4.79 Å². The zero-order valence-electron chi connectivity index (χ0n) is 35.7. The fourth-order valence-corrected chi connectivity index (χ4v) is 9.35. The van der Waals surface area contributed by atoms with Crippen molar-refractivity contribution in [3.63, 3.8) is 0 Å². The molecule has 0 bridgehead atoms. The summed E-state index contributed by atoms with van der Waals surface area (Å²) in [4.78, 5) is 17.1. The Hall–Kier alpha value is -5.87. The summed E-state index contributed by atoms with van der Waals surface area (Å²) in [5.74, 6) is 0.0735. The van der Waals surface area contributed by atoms with Crippen molar-refractivity contribution in [1.82, 2.24) is 0 Å². The Morgan fingerprint density at radius 1 is 0.500 bits per heavy atom. The number of aryl methyl sites for hydroxylation is 7. The smallest absolute Gasteiger partial charge is 0.338 e. The maximum Gasteiger partial charge on any atom is 0.338 e. The molecule has 0 radical (unpaired) electrons. The van der Waals surface area contributed by atoms with Crippen LogP contribution in [0.25, 0.3) is 0 Å². The third-order valence-corrected chi connectivity index (χ3v) is 12.0. The molecule has 0 spiro atoms. The van der Waals surface area contributed by atoms with Gasteiger partial charge in [-0.25, -0.2) is 4.79 Å². The van der Waals surface area contributed by atoms with E-state index in [1.165, 1.54) is 92.8 Å². The van der Waals surface area contributed by atoms with Crippen molar-refractivity contribution in [3.8, 4) is 5.75 Å². The van der Waals surface area contributed by atoms with E-state index in [2.05, 4.69) is 162 Å². The van der Waals surface area contributed by atoms with Gasteiger partial charge in [-0.3, -0.25) is 0 Å². The minimum Gasteiger partial charge on any atom is -0.423 e. The molecule has 0 heterocycles. The van der Waals surface area contributed by atoms with E-state index in [-0.39, 0.29) is 5.41 Å². The van der Waals surface area contributed by atoms with Crippen molar-refractivity contribution < 1.29 is 9.53 Å². The van der Waals surface area contributed by atoms with E-state index < -0.39 is 5.97 Å². The molecule has 1 aliphatic carbocycles. The van der Waals surface area contributed by atoms with Crippen LogP contribution in [0.1, 0.15) is 95.5 Å². The number of rotatable bonds is 10. The summed E-state index contributed by atoms with van der Waals surface area (Å²) >= 11 is 0. The third kappa shape index (κ3) is 8.25. The van der Waals surface area contributed by atoms with E-state index in [0.29, 0.717) is 11.3 Å². The lowest BCUT2D eigenvalue weighted by Gasteiger charge is -2.36. The topological polar surface area (TPSA) is 32.8 Å². The molecule has 0 N–H and O–H groups in total. The number of esters is 1. The molecule has 0 atom stereocenters. The Labute approximate surface area is 346 Å². The van der Waals surface area contributed by atoms with Crippen LogP contribution in [0.15, 0.2) is 133 Å². The number of hydrogen-bond acceptors (Lipinski definition) is 4. The molecular formula is C54H58N2O2. The minimum absolute atomic E-state index is 0.0900. The molecule has 7 rings (SSSR count). The molecule has 6 aromatic carbocycles. The van der Waals surface area contributed by atoms with Crippen molar-refractivity contribution in [1.29, 1.82) is 0 Å². The predicted molar refractivity (Wildman–Crippen MR) is 244 cm³/mol. The number of hydrogen-bond donors (Lipinski definition) is 0. The van der Waals surface area contributed by atoms with Crippen LogP contribution in [-0.2, 0) is 10.2 Å². The van der Waals surface area contributed by atoms with Crippen molar-refractivity contribution in [3.05, 3.63) is 184 Å². The molecule has 1 aliphatic rings. The van der Waals surface area contributed by atoms with Gasteiger partial charge in [0, 0.05) is 33.7 Å². The molecular weight excluding hydrogens is 709 g/mol. The Morgan fingerprint density at radius 3 is 1.21 bits per heavy atom. The Balaban J connectivity index is 1.29. The average molecular weight is 767 g/mol. The van der Waals surface area contributed by atoms with Gasteiger partial charge in [-0.1, -0.05) is 110 Å². The van der Waals surface area contributed by atoms with Crippen LogP contribution in [0.4, 0.5) is 34.1 Å². The summed E-state index contributed by atoms with van der Waals surface area (Å²) in [6.45, 7) is 20.7. The number of nitrogens with zero attached hydrogens (tertiary/aromatic N) is 2. The van der Waals surface area contributed by atoms with E-state index in [1.54, 1.807) is 6.92 Å². The van der Waals surface area contributed by atoms with Gasteiger partial charge in [-0.2, -0.15) is 0 Å². The molecule has 1 fully saturated rings. The Bertz CT molecular complexity index is 2370. The molecule has 0 saturated heterocycles. The molecule has 0 aliphatic heterocycles. The van der Waals surface area contributed by atoms with Gasteiger partial charge in [0.25, 0.3) is 0 Å². The fourth-order valence-electron chi connectivity index (χ4n) is 9.35. The van der Waals surface area contributed by atoms with Crippen LogP contribution >= 0.6 is 0 Å². The maximum absolute atomic E-state index is 12.3. The molecule has 0 unspecified atom stereocenters. The predicted octanol–water partition coefficient (Wildman–Crippen LogP) is 14.9. The van der Waals surface area contributed by atoms with Gasteiger partial charge < -0.3 is 14.5 Å². The molecule has 296 valence electrons. The summed E-state index contributed by atoms with van der Waals surface area (Å²) in [5, 5.41) is 0. The summed E-state index contributed by atoms with van der Waals surface area (Å²) < 4.78 is 5.56. The zero-order valence-corrected chi connectivity index (χ0v) is 35.7. The summed E-state index contributed by atoms with van der Waals surface area (Å²) in [7, 11) is 0. The number of anilines is 6. The van der Waals surface area contributed by atoms with Gasteiger partial charge in [-0.15, -0.1) is 0 Å². The number of carbonyl (C=O) groups is 1. The van der Waals surface area contributed by atoms with Crippen LogP contribution < -0.4 is 14.5 Å². The monoisotopic (exact) mass is 766 g/mol. The maximum atomic E-state index is 12.3. The molecule has 0 aromatic heterocycles. The molecule has 4 nitrogen and oxygen atoms in total. The fraction of sp³-hybridized carbons (Fsp3) is 0.278. The second-order valence-corrected chi connectivity index (χ2v) is 16.8. The summed E-state index contributed by atoms with van der Waals surface area (Å²) in [6.07, 6.45) is 7.18. The van der Waals surface area contributed by atoms with Gasteiger partial charge in [0.15, 0.2) is 0 Å². The number of benzene rings is 6. The molecule has 6 aromatic rings. The number of carbonyl (C=O) groups excluding carboxylic acids is 1. The highest BCUT2D eigenvalue weighted by Gasteiger charge is 2.35. The second-order valence-electron chi connectivity index (χ2n) is 16.8. The third-order valence-electron chi connectivity index (χ3n) is 12.0. The van der Waals surface area contributed by atoms with Gasteiger partial charge in [0.2, 0.25) is 0 Å². The molecule has 1 saturated carbocycles. The standard InChI is InChI=1S/C54H58N2O2/c1-36(2)53(57)58-50-28-26-49(27-29-50)56(52-42(8)34-39(5)35-43(52)9)48-24-18-45(19-25-48)54(30-12-10-11-13-31-54)44-16-22-47(23-17-44)55(46-20-14-37(3)15-21-46)51-40(6)32-38(4)33-41(51)7/h14-29,32-35H,1,10-13,30-31H2,2-9H3. The van der Waals surface area contributed by atoms with Gasteiger partial charge in [0.1, 0.15) is 5.75 Å². The second kappa shape index (κ2) is 16.9. The quantitative estimate of drug-likeness (QED) is 0.0602. The highest BCUT2D eigenvalue weighted by Crippen LogP contribution is 2.47. The van der Waals surface area contributed by atoms with Gasteiger partial charge in [-0.05, 0) is 162 Å². The lowest BCUT2D eigenvalue weighted by atomic mass is 9.69. The number of ether oxygens (including phenoxy) is 1. The van der Waals surface area contributed by atoms with E-state index in [0.717, 1.165) is 29.9 Å². The van der Waals surface area contributed by atoms with Crippen molar-refractivity contribution in [2.24, 2.45) is 0 Å². The minimum atomic E-state index is -0.424. The van der Waals surface area contributed by atoms with Crippen LogP contribution in [0.3, 0.4) is 0 Å². The van der Waals surface area contributed by atoms with Crippen LogP contribution in [0.2, 0.25) is 0 Å². The first kappa shape index (κ1) is 40.3. The first-order valence-corrected chi connectivity index (χ1v) is 20.9. The Morgan fingerprint density at radius 2 is 0.845 bits per heavy atom. The zero-order chi connectivity index (χ0) is 41.1. The normalized spacial score (nSPS) is 13.7. The summed E-state index contributed by atoms with van der Waals surface area (Å²) in [5.41, 5.74) is 18.6. The largest absolute Gasteiger partial charge is 0.423 e. The molecule has 4 heteroatoms. The summed E-state index contributed by atoms with van der Waals surface area (Å²) in [6, 6.07) is 44.6. The van der Waals surface area contributed by atoms with Crippen molar-refractivity contribution >= 4 is 40.1 Å². The van der Waals surface area contributed by atoms with Gasteiger partial charge in [0.05, 0.1) is 11.4 Å². The SMILES string of the molecule is C=C(C)C(=O)Oc1ccc(N(c2ccc(C3(c4ccc(N(c5ccc(C)cc5)c5c(C)cc(C)cc5C)cc4)CCCCCC3)cc2)c2c(C)cc(C)cc2C)cc1. The lowest BCUT2D eigenvalue weighted by Crippen LogP contribution is -2.27. The molecule has 58 heavy (non-hydrogen) atoms. The lowest BCUT2D eigenvalue weighted by molar-refractivity contribution is -0.130. The first-order chi connectivity index (χ1) is 27.8. The van der Waals surface area contributed by atoms with Crippen LogP contribution in [0.5, 0.6) is 5.75 Å². The highest BCUT2D eigenvalue weighted by atomic mass is 16.5. The van der Waals surface area contributed by atoms with E-state index in [4.69, 9.17) is 4.74 Å². The van der Waals surface area contributed by atoms with E-state index >= 15 is 0 Å². The van der Waals surface area contributed by atoms with Gasteiger partial charge >= 0.3 is 5.97 Å². The van der Waals surface area contributed by atoms with Crippen LogP contribution in [-0.4, -0.2) is 5.97 Å². The van der Waals surface area contributed by atoms with Crippen molar-refractivity contribution in [2.45, 2.75) is 99.3 Å². The van der Waals surface area contributed by atoms with Crippen molar-refractivity contribution in [2.75, 3.05) is 9.80 Å². The highest BCUT2D eigenvalue weighted by molar-refractivity contribution is 5.89. The average Bonchev–Trinajstić information content (AvgIpc) is 3.46. The van der Waals surface area contributed by atoms with E-state index in [1.807, 2.05) is 24.3 Å². The van der Waals surface area contributed by atoms with Crippen LogP contribution in [0, 0.1) is 48.5 Å². The first-order valence-electron chi connectivity index (χ1n) is 20.9.